The van der Waals surface area contributed by atoms with Gasteiger partial charge in [-0.3, -0.25) is 4.90 Å². The summed E-state index contributed by atoms with van der Waals surface area (Å²) in [6, 6.07) is 14.4. The number of halogens is 2. The van der Waals surface area contributed by atoms with Gasteiger partial charge in [0.2, 0.25) is 0 Å². The highest BCUT2D eigenvalue weighted by molar-refractivity contribution is 6.30. The number of hydrogen-bond acceptors (Lipinski definition) is 5. The highest BCUT2D eigenvalue weighted by Gasteiger charge is 2.27. The van der Waals surface area contributed by atoms with Gasteiger partial charge in [-0.05, 0) is 23.8 Å². The first-order chi connectivity index (χ1) is 13.3. The molecule has 0 amide bonds. The molecule has 0 aliphatic carbocycles. The second-order valence-electron chi connectivity index (χ2n) is 6.55. The number of hydrogen-bond donors (Lipinski definition) is 1. The molecule has 1 unspecified atom stereocenters. The van der Waals surface area contributed by atoms with Crippen molar-refractivity contribution in [3.63, 3.8) is 0 Å². The van der Waals surface area contributed by atoms with Crippen LogP contribution in [0.2, 0.25) is 5.02 Å². The van der Waals surface area contributed by atoms with Crippen LogP contribution in [0.4, 0.5) is 0 Å². The van der Waals surface area contributed by atoms with Gasteiger partial charge >= 0.3 is 0 Å². The second-order valence-corrected chi connectivity index (χ2v) is 6.98. The molecule has 1 aliphatic heterocycles. The van der Waals surface area contributed by atoms with Gasteiger partial charge in [0.1, 0.15) is 18.4 Å². The maximum Gasteiger partial charge on any atom is 0.138 e. The van der Waals surface area contributed by atoms with Crippen molar-refractivity contribution in [3.05, 3.63) is 71.3 Å². The number of ether oxygens (including phenoxy) is 1. The normalized spacial score (nSPS) is 17.1. The van der Waals surface area contributed by atoms with Crippen LogP contribution in [-0.4, -0.2) is 46.4 Å². The van der Waals surface area contributed by atoms with Gasteiger partial charge in [0.15, 0.2) is 0 Å². The number of piperazine rings is 1. The number of aromatic nitrogens is 3. The first kappa shape index (κ1) is 20.6. The molecule has 6 nitrogen and oxygen atoms in total. The van der Waals surface area contributed by atoms with Gasteiger partial charge in [0.25, 0.3) is 0 Å². The third kappa shape index (κ3) is 4.31. The first-order valence-electron chi connectivity index (χ1n) is 8.97. The zero-order valence-electron chi connectivity index (χ0n) is 15.6. The summed E-state index contributed by atoms with van der Waals surface area (Å²) >= 11 is 6.24. The lowest BCUT2D eigenvalue weighted by atomic mass is 10.0. The molecule has 4 rings (SSSR count). The number of methoxy groups -OCH3 is 1. The predicted molar refractivity (Wildman–Crippen MR) is 113 cm³/mol. The molecule has 2 heterocycles. The zero-order chi connectivity index (χ0) is 18.6. The fourth-order valence-electron chi connectivity index (χ4n) is 3.62. The van der Waals surface area contributed by atoms with Crippen molar-refractivity contribution in [1.29, 1.82) is 0 Å². The molecule has 148 valence electrons. The number of nitrogens with zero attached hydrogens (tertiary/aromatic N) is 4. The van der Waals surface area contributed by atoms with Crippen LogP contribution >= 0.6 is 24.0 Å². The van der Waals surface area contributed by atoms with Crippen molar-refractivity contribution in [2.45, 2.75) is 12.6 Å². The van der Waals surface area contributed by atoms with Crippen molar-refractivity contribution in [2.24, 2.45) is 0 Å². The minimum Gasteiger partial charge on any atom is -0.496 e. The van der Waals surface area contributed by atoms with Crippen LogP contribution in [0.15, 0.2) is 55.1 Å². The second kappa shape index (κ2) is 9.39. The van der Waals surface area contributed by atoms with E-state index in [-0.39, 0.29) is 18.4 Å². The lowest BCUT2D eigenvalue weighted by Crippen LogP contribution is -2.45. The molecule has 1 aliphatic rings. The van der Waals surface area contributed by atoms with E-state index < -0.39 is 0 Å². The molecule has 1 fully saturated rings. The van der Waals surface area contributed by atoms with Crippen molar-refractivity contribution >= 4 is 24.0 Å². The molecular formula is C20H23Cl2N5O. The molecule has 0 spiro atoms. The Morgan fingerprint density at radius 2 is 2.11 bits per heavy atom. The fraction of sp³-hybridized carbons (Fsp3) is 0.300. The fourth-order valence-corrected chi connectivity index (χ4v) is 3.79. The van der Waals surface area contributed by atoms with E-state index in [0.29, 0.717) is 5.02 Å². The average molecular weight is 420 g/mol. The van der Waals surface area contributed by atoms with Crippen molar-refractivity contribution in [1.82, 2.24) is 25.0 Å². The zero-order valence-corrected chi connectivity index (χ0v) is 17.2. The largest absolute Gasteiger partial charge is 0.496 e. The molecule has 0 radical (unpaired) electrons. The molecule has 1 saturated heterocycles. The number of rotatable bonds is 5. The minimum absolute atomic E-state index is 0. The van der Waals surface area contributed by atoms with Crippen molar-refractivity contribution in [3.8, 4) is 11.4 Å². The smallest absolute Gasteiger partial charge is 0.138 e. The van der Waals surface area contributed by atoms with Crippen LogP contribution in [0, 0.1) is 0 Å². The maximum absolute atomic E-state index is 6.24. The number of nitrogens with one attached hydrogen (secondary N) is 1. The lowest BCUT2D eigenvalue weighted by Gasteiger charge is -2.37. The van der Waals surface area contributed by atoms with Crippen LogP contribution in [0.5, 0.6) is 5.75 Å². The van der Waals surface area contributed by atoms with Crippen LogP contribution in [0.25, 0.3) is 5.69 Å². The van der Waals surface area contributed by atoms with E-state index >= 15 is 0 Å². The van der Waals surface area contributed by atoms with Gasteiger partial charge in [0, 0.05) is 36.8 Å². The number of para-hydroxylation sites is 1. The van der Waals surface area contributed by atoms with E-state index in [0.717, 1.165) is 43.2 Å². The molecule has 1 N–H and O–H groups in total. The Bertz CT molecular complexity index is 903. The summed E-state index contributed by atoms with van der Waals surface area (Å²) < 4.78 is 7.37. The van der Waals surface area contributed by atoms with Gasteiger partial charge in [-0.25, -0.2) is 9.67 Å². The highest BCUT2D eigenvalue weighted by atomic mass is 35.5. The Morgan fingerprint density at radius 1 is 1.25 bits per heavy atom. The molecule has 1 atom stereocenters. The van der Waals surface area contributed by atoms with Gasteiger partial charge in [-0.1, -0.05) is 35.9 Å². The Balaban J connectivity index is 0.00000225. The Kier molecular flexibility index (Phi) is 6.91. The quantitative estimate of drug-likeness (QED) is 0.685. The molecule has 0 bridgehead atoms. The molecule has 28 heavy (non-hydrogen) atoms. The molecule has 2 aromatic carbocycles. The molecule has 0 saturated carbocycles. The van der Waals surface area contributed by atoms with Gasteiger partial charge in [-0.15, -0.1) is 12.4 Å². The molecular weight excluding hydrogens is 397 g/mol. The first-order valence-corrected chi connectivity index (χ1v) is 9.35. The summed E-state index contributed by atoms with van der Waals surface area (Å²) in [6.45, 7) is 3.57. The van der Waals surface area contributed by atoms with E-state index in [1.807, 2.05) is 24.3 Å². The average Bonchev–Trinajstić information content (AvgIpc) is 3.24. The van der Waals surface area contributed by atoms with E-state index in [1.54, 1.807) is 18.1 Å². The molecule has 1 aromatic heterocycles. The topological polar surface area (TPSA) is 55.2 Å². The van der Waals surface area contributed by atoms with E-state index in [1.165, 1.54) is 11.9 Å². The summed E-state index contributed by atoms with van der Waals surface area (Å²) in [5.74, 6) is 0.920. The van der Waals surface area contributed by atoms with E-state index in [9.17, 15) is 0 Å². The number of benzene rings is 2. The third-order valence-corrected chi connectivity index (χ3v) is 5.17. The van der Waals surface area contributed by atoms with Crippen molar-refractivity contribution < 1.29 is 4.74 Å². The van der Waals surface area contributed by atoms with Gasteiger partial charge < -0.3 is 10.1 Å². The summed E-state index contributed by atoms with van der Waals surface area (Å²) in [5, 5.41) is 8.47. The summed E-state index contributed by atoms with van der Waals surface area (Å²) in [7, 11) is 1.72. The Labute approximate surface area is 175 Å². The van der Waals surface area contributed by atoms with Gasteiger partial charge in [0.05, 0.1) is 18.8 Å². The SMILES string of the molecule is COc1ccccc1C1CNCCN1Cc1ccc(Cl)cc1-n1cncn1.Cl. The minimum atomic E-state index is 0. The molecule has 8 heteroatoms. The monoisotopic (exact) mass is 419 g/mol. The maximum atomic E-state index is 6.24. The summed E-state index contributed by atoms with van der Waals surface area (Å²) in [4.78, 5) is 6.54. The predicted octanol–water partition coefficient (Wildman–Crippen LogP) is 3.50. The summed E-state index contributed by atoms with van der Waals surface area (Å²) in [5.41, 5.74) is 3.31. The third-order valence-electron chi connectivity index (χ3n) is 4.94. The van der Waals surface area contributed by atoms with Crippen molar-refractivity contribution in [2.75, 3.05) is 26.7 Å². The molecule has 3 aromatic rings. The standard InChI is InChI=1S/C20H22ClN5O.ClH/c1-27-20-5-3-2-4-17(20)19-11-22-8-9-25(19)12-15-6-7-16(21)10-18(15)26-14-23-13-24-26;/h2-7,10,13-14,19,22H,8-9,11-12H2,1H3;1H. The summed E-state index contributed by atoms with van der Waals surface area (Å²) in [6.07, 6.45) is 3.23. The highest BCUT2D eigenvalue weighted by Crippen LogP contribution is 2.32. The lowest BCUT2D eigenvalue weighted by molar-refractivity contribution is 0.151. The van der Waals surface area contributed by atoms with Crippen LogP contribution in [-0.2, 0) is 6.54 Å². The van der Waals surface area contributed by atoms with Crippen LogP contribution < -0.4 is 10.1 Å². The van der Waals surface area contributed by atoms with Gasteiger partial charge in [-0.2, -0.15) is 5.10 Å². The van der Waals surface area contributed by atoms with Crippen LogP contribution in [0.3, 0.4) is 0 Å². The van der Waals surface area contributed by atoms with E-state index in [2.05, 4.69) is 38.5 Å². The van der Waals surface area contributed by atoms with Crippen LogP contribution in [0.1, 0.15) is 17.2 Å². The Hall–Kier alpha value is -2.12. The van der Waals surface area contributed by atoms with E-state index in [4.69, 9.17) is 16.3 Å². The Morgan fingerprint density at radius 3 is 2.89 bits per heavy atom.